The van der Waals surface area contributed by atoms with Crippen LogP contribution in [0.3, 0.4) is 0 Å². The van der Waals surface area contributed by atoms with Crippen molar-refractivity contribution in [1.82, 2.24) is 5.32 Å². The number of amides is 1. The number of hydrogen-bond acceptors (Lipinski definition) is 4. The number of nitrogens with one attached hydrogen (secondary N) is 1. The van der Waals surface area contributed by atoms with Crippen molar-refractivity contribution in [2.45, 2.75) is 32.8 Å². The molecule has 0 bridgehead atoms. The zero-order valence-corrected chi connectivity index (χ0v) is 12.6. The molecule has 0 atom stereocenters. The van der Waals surface area contributed by atoms with E-state index in [0.717, 1.165) is 0 Å². The summed E-state index contributed by atoms with van der Waals surface area (Å²) in [5.74, 6) is -0.0426. The van der Waals surface area contributed by atoms with E-state index in [0.29, 0.717) is 24.8 Å². The topological polar surface area (TPSA) is 75.6 Å². The van der Waals surface area contributed by atoms with E-state index in [1.165, 1.54) is 6.07 Å². The highest BCUT2D eigenvalue weighted by Crippen LogP contribution is 2.20. The normalized spacial score (nSPS) is 11.4. The summed E-state index contributed by atoms with van der Waals surface area (Å²) in [6, 6.07) is 4.87. The summed E-state index contributed by atoms with van der Waals surface area (Å²) in [4.78, 5) is 22.3. The van der Waals surface area contributed by atoms with Gasteiger partial charge in [0, 0.05) is 6.54 Å². The van der Waals surface area contributed by atoms with Crippen LogP contribution in [-0.4, -0.2) is 29.6 Å². The highest BCUT2D eigenvalue weighted by atomic mass is 16.6. The van der Waals surface area contributed by atoms with Crippen LogP contribution in [0.1, 0.15) is 43.1 Å². The summed E-state index contributed by atoms with van der Waals surface area (Å²) >= 11 is 0. The van der Waals surface area contributed by atoms with Crippen molar-refractivity contribution in [3.63, 3.8) is 0 Å². The molecular formula is C16H21NO4. The van der Waals surface area contributed by atoms with E-state index >= 15 is 0 Å². The van der Waals surface area contributed by atoms with Crippen molar-refractivity contribution in [2.24, 2.45) is 0 Å². The largest absolute Gasteiger partial charge is 0.507 e. The van der Waals surface area contributed by atoms with Crippen molar-refractivity contribution < 1.29 is 19.4 Å². The van der Waals surface area contributed by atoms with Gasteiger partial charge in [0.1, 0.15) is 11.4 Å². The number of aromatic hydroxyl groups is 1. The van der Waals surface area contributed by atoms with Crippen molar-refractivity contribution in [3.05, 3.63) is 35.4 Å². The molecule has 2 N–H and O–H groups in total. The molecule has 1 aromatic carbocycles. The molecule has 1 amide bonds. The first-order valence-electron chi connectivity index (χ1n) is 6.74. The Morgan fingerprint density at radius 1 is 1.38 bits per heavy atom. The Labute approximate surface area is 124 Å². The molecule has 0 fully saturated rings. The molecule has 0 aliphatic carbocycles. The van der Waals surface area contributed by atoms with E-state index < -0.39 is 11.7 Å². The number of carbonyl (C=O) groups excluding carboxylic acids is 2. The number of phenolic OH excluding ortho intramolecular Hbond substituents is 1. The maximum absolute atomic E-state index is 11.4. The van der Waals surface area contributed by atoms with E-state index in [1.807, 2.05) is 6.08 Å². The lowest BCUT2D eigenvalue weighted by Gasteiger charge is -2.19. The number of hydrogen-bond donors (Lipinski definition) is 2. The van der Waals surface area contributed by atoms with Crippen LogP contribution in [0.5, 0.6) is 5.75 Å². The fourth-order valence-electron chi connectivity index (χ4n) is 1.63. The quantitative estimate of drug-likeness (QED) is 0.645. The Kier molecular flexibility index (Phi) is 5.96. The minimum absolute atomic E-state index is 0.0426. The Balaban J connectivity index is 2.45. The van der Waals surface area contributed by atoms with Gasteiger partial charge in [-0.15, -0.1) is 0 Å². The van der Waals surface area contributed by atoms with E-state index in [1.54, 1.807) is 39.0 Å². The Morgan fingerprint density at radius 2 is 2.10 bits per heavy atom. The average Bonchev–Trinajstić information content (AvgIpc) is 2.36. The van der Waals surface area contributed by atoms with Crippen LogP contribution in [0.2, 0.25) is 0 Å². The summed E-state index contributed by atoms with van der Waals surface area (Å²) in [5.41, 5.74) is 0.386. The summed E-state index contributed by atoms with van der Waals surface area (Å²) in [6.45, 7) is 5.83. The fourth-order valence-corrected chi connectivity index (χ4v) is 1.63. The van der Waals surface area contributed by atoms with Crippen LogP contribution < -0.4 is 5.32 Å². The fraction of sp³-hybridized carbons (Fsp3) is 0.375. The predicted molar refractivity (Wildman–Crippen MR) is 81.4 cm³/mol. The molecule has 0 saturated heterocycles. The molecule has 0 spiro atoms. The van der Waals surface area contributed by atoms with Gasteiger partial charge in [-0.1, -0.05) is 24.3 Å². The van der Waals surface area contributed by atoms with Gasteiger partial charge in [0.25, 0.3) is 0 Å². The van der Waals surface area contributed by atoms with Crippen LogP contribution in [-0.2, 0) is 4.74 Å². The lowest BCUT2D eigenvalue weighted by Crippen LogP contribution is -2.32. The predicted octanol–water partition coefficient (Wildman–Crippen LogP) is 3.13. The van der Waals surface area contributed by atoms with Crippen molar-refractivity contribution in [3.8, 4) is 5.75 Å². The maximum Gasteiger partial charge on any atom is 0.407 e. The first-order chi connectivity index (χ1) is 9.83. The number of rotatable bonds is 5. The van der Waals surface area contributed by atoms with Gasteiger partial charge in [0.15, 0.2) is 6.29 Å². The minimum atomic E-state index is -0.514. The van der Waals surface area contributed by atoms with Crippen LogP contribution in [0.15, 0.2) is 24.3 Å². The zero-order valence-electron chi connectivity index (χ0n) is 12.6. The number of aldehydes is 1. The third kappa shape index (κ3) is 6.12. The van der Waals surface area contributed by atoms with Gasteiger partial charge in [0.05, 0.1) is 5.56 Å². The standard InChI is InChI=1S/C16H21NO4/c1-16(2,3)21-15(20)17-10-5-4-7-12-8-6-9-14(19)13(12)11-18/h4,6-9,11,19H,5,10H2,1-3H3,(H,17,20). The van der Waals surface area contributed by atoms with E-state index in [9.17, 15) is 14.7 Å². The molecule has 114 valence electrons. The van der Waals surface area contributed by atoms with Gasteiger partial charge in [0.2, 0.25) is 0 Å². The number of alkyl carbamates (subject to hydrolysis) is 1. The first-order valence-corrected chi connectivity index (χ1v) is 6.74. The number of carbonyl (C=O) groups is 2. The van der Waals surface area contributed by atoms with Crippen molar-refractivity contribution >= 4 is 18.5 Å². The lowest BCUT2D eigenvalue weighted by atomic mass is 10.1. The van der Waals surface area contributed by atoms with Crippen molar-refractivity contribution in [1.29, 1.82) is 0 Å². The van der Waals surface area contributed by atoms with E-state index in [2.05, 4.69) is 5.32 Å². The summed E-state index contributed by atoms with van der Waals surface area (Å²) in [6.07, 6.45) is 4.31. The average molecular weight is 291 g/mol. The van der Waals surface area contributed by atoms with Crippen LogP contribution in [0, 0.1) is 0 Å². The molecule has 0 saturated carbocycles. The van der Waals surface area contributed by atoms with Gasteiger partial charge >= 0.3 is 6.09 Å². The number of phenols is 1. The van der Waals surface area contributed by atoms with E-state index in [4.69, 9.17) is 4.74 Å². The van der Waals surface area contributed by atoms with Crippen LogP contribution in [0.4, 0.5) is 4.79 Å². The smallest absolute Gasteiger partial charge is 0.407 e. The van der Waals surface area contributed by atoms with Gasteiger partial charge in [-0.05, 0) is 38.8 Å². The second-order valence-corrected chi connectivity index (χ2v) is 5.52. The molecule has 0 aliphatic rings. The summed E-state index contributed by atoms with van der Waals surface area (Å²) in [5, 5.41) is 12.2. The number of benzene rings is 1. The monoisotopic (exact) mass is 291 g/mol. The minimum Gasteiger partial charge on any atom is -0.507 e. The molecule has 0 heterocycles. The molecule has 0 aromatic heterocycles. The second-order valence-electron chi connectivity index (χ2n) is 5.52. The van der Waals surface area contributed by atoms with Gasteiger partial charge < -0.3 is 15.2 Å². The first kappa shape index (κ1) is 16.8. The number of ether oxygens (including phenoxy) is 1. The SMILES string of the molecule is CC(C)(C)OC(=O)NCCC=Cc1cccc(O)c1C=O. The third-order valence-corrected chi connectivity index (χ3v) is 2.51. The molecule has 0 radical (unpaired) electrons. The zero-order chi connectivity index (χ0) is 15.9. The molecule has 5 nitrogen and oxygen atoms in total. The lowest BCUT2D eigenvalue weighted by molar-refractivity contribution is 0.0528. The molecule has 0 unspecified atom stereocenters. The third-order valence-electron chi connectivity index (χ3n) is 2.51. The Morgan fingerprint density at radius 3 is 2.71 bits per heavy atom. The molecule has 5 heteroatoms. The van der Waals surface area contributed by atoms with Gasteiger partial charge in [-0.2, -0.15) is 0 Å². The highest BCUT2D eigenvalue weighted by molar-refractivity contribution is 5.85. The maximum atomic E-state index is 11.4. The van der Waals surface area contributed by atoms with Gasteiger partial charge in [-0.25, -0.2) is 4.79 Å². The highest BCUT2D eigenvalue weighted by Gasteiger charge is 2.15. The summed E-state index contributed by atoms with van der Waals surface area (Å²) in [7, 11) is 0. The van der Waals surface area contributed by atoms with Crippen LogP contribution >= 0.6 is 0 Å². The summed E-state index contributed by atoms with van der Waals surface area (Å²) < 4.78 is 5.10. The molecule has 1 rings (SSSR count). The molecular weight excluding hydrogens is 270 g/mol. The Bertz CT molecular complexity index is 530. The Hall–Kier alpha value is -2.30. The van der Waals surface area contributed by atoms with Crippen molar-refractivity contribution in [2.75, 3.05) is 6.54 Å². The molecule has 1 aromatic rings. The van der Waals surface area contributed by atoms with Gasteiger partial charge in [-0.3, -0.25) is 4.79 Å². The van der Waals surface area contributed by atoms with Crippen LogP contribution in [0.25, 0.3) is 6.08 Å². The molecule has 21 heavy (non-hydrogen) atoms. The second kappa shape index (κ2) is 7.47. The molecule has 0 aliphatic heterocycles. The van der Waals surface area contributed by atoms with E-state index in [-0.39, 0.29) is 11.3 Å².